The van der Waals surface area contributed by atoms with E-state index in [-0.39, 0.29) is 24.7 Å². The average Bonchev–Trinajstić information content (AvgIpc) is 2.82. The number of rotatable bonds is 6. The van der Waals surface area contributed by atoms with Crippen molar-refractivity contribution in [3.8, 4) is 0 Å². The Morgan fingerprint density at radius 2 is 1.60 bits per heavy atom. The molecule has 0 amide bonds. The van der Waals surface area contributed by atoms with Gasteiger partial charge in [0.2, 0.25) is 0 Å². The van der Waals surface area contributed by atoms with Gasteiger partial charge in [-0.2, -0.15) is 43.4 Å². The lowest BCUT2D eigenvalue weighted by Gasteiger charge is -2.40. The van der Waals surface area contributed by atoms with Crippen molar-refractivity contribution in [1.29, 1.82) is 0 Å². The number of pyridine rings is 1. The summed E-state index contributed by atoms with van der Waals surface area (Å²) in [7, 11) is -11.9. The van der Waals surface area contributed by atoms with Crippen molar-refractivity contribution >= 4 is 35.9 Å². The molecule has 2 atom stereocenters. The van der Waals surface area contributed by atoms with Crippen LogP contribution in [0.15, 0.2) is 23.4 Å². The summed E-state index contributed by atoms with van der Waals surface area (Å²) in [4.78, 5) is 12.7. The molecule has 1 aromatic rings. The fourth-order valence-corrected chi connectivity index (χ4v) is 8.69. The largest absolute Gasteiger partial charge is 0.490 e. The maximum atomic E-state index is 13.6. The highest BCUT2D eigenvalue weighted by Crippen LogP contribution is 2.37. The number of nitrogens with two attached hydrogens (primary N) is 1. The van der Waals surface area contributed by atoms with Crippen LogP contribution in [0, 0.1) is 11.8 Å². The van der Waals surface area contributed by atoms with E-state index in [0.29, 0.717) is 9.87 Å². The second-order valence-electron chi connectivity index (χ2n) is 9.01. The standard InChI is InChI=1S/C17H25F3N4O6S3.C2HF3O2/c18-17(19,20)15-7-14(12-32(27,28)16-8-13(9-21)1-2-22-16)10-24(11-15)33(29,30)23-3-5-31(25,26)6-4-23;3-2(4,5)1(6)7/h1-2,8,14-15H,3-7,9-12,21H2;(H,6,7)/t14-,15+;/m1./s1. The van der Waals surface area contributed by atoms with Crippen molar-refractivity contribution in [1.82, 2.24) is 13.6 Å². The van der Waals surface area contributed by atoms with Gasteiger partial charge in [0, 0.05) is 38.9 Å². The number of hydrogen-bond acceptors (Lipinski definition) is 9. The number of hydrogen-bond donors (Lipinski definition) is 2. The first-order valence-electron chi connectivity index (χ1n) is 11.3. The van der Waals surface area contributed by atoms with E-state index in [1.165, 1.54) is 18.3 Å². The quantitative estimate of drug-likeness (QED) is 0.410. The van der Waals surface area contributed by atoms with E-state index in [2.05, 4.69) is 4.98 Å². The number of carbonyl (C=O) groups is 1. The first-order chi connectivity index (χ1) is 18.1. The van der Waals surface area contributed by atoms with Crippen molar-refractivity contribution in [3.05, 3.63) is 23.9 Å². The summed E-state index contributed by atoms with van der Waals surface area (Å²) in [5.41, 5.74) is 5.98. The highest BCUT2D eigenvalue weighted by Gasteiger charge is 2.49. The molecule has 2 fully saturated rings. The van der Waals surface area contributed by atoms with Gasteiger partial charge in [0.05, 0.1) is 23.2 Å². The fraction of sp³-hybridized carbons (Fsp3) is 0.684. The van der Waals surface area contributed by atoms with E-state index in [1.54, 1.807) is 0 Å². The molecule has 12 nitrogen and oxygen atoms in total. The smallest absolute Gasteiger partial charge is 0.475 e. The first-order valence-corrected chi connectivity index (χ1v) is 16.2. The predicted molar refractivity (Wildman–Crippen MR) is 126 cm³/mol. The van der Waals surface area contributed by atoms with Crippen LogP contribution < -0.4 is 5.73 Å². The Hall–Kier alpha value is -2.07. The second-order valence-corrected chi connectivity index (χ2v) is 15.2. The number of nitrogens with zero attached hydrogens (tertiary/aromatic N) is 3. The molecule has 21 heteroatoms. The first kappa shape index (κ1) is 34.1. The van der Waals surface area contributed by atoms with E-state index in [0.717, 1.165) is 4.31 Å². The van der Waals surface area contributed by atoms with Gasteiger partial charge in [-0.05, 0) is 30.0 Å². The van der Waals surface area contributed by atoms with Gasteiger partial charge in [-0.15, -0.1) is 0 Å². The van der Waals surface area contributed by atoms with Crippen molar-refractivity contribution in [2.24, 2.45) is 17.6 Å². The van der Waals surface area contributed by atoms with Gasteiger partial charge in [-0.3, -0.25) is 0 Å². The number of piperidine rings is 1. The molecular weight excluding hydrogens is 622 g/mol. The summed E-state index contributed by atoms with van der Waals surface area (Å²) >= 11 is 0. The van der Waals surface area contributed by atoms with Crippen LogP contribution in [-0.2, 0) is 41.2 Å². The fourth-order valence-electron chi connectivity index (χ4n) is 3.94. The Balaban J connectivity index is 0.000000708. The third-order valence-corrected chi connectivity index (χ3v) is 11.3. The number of alkyl halides is 6. The molecule has 0 saturated carbocycles. The Bertz CT molecular complexity index is 1370. The number of carboxylic acid groups (broad SMARTS) is 1. The van der Waals surface area contributed by atoms with E-state index in [4.69, 9.17) is 15.6 Å². The zero-order valence-electron chi connectivity index (χ0n) is 20.5. The van der Waals surface area contributed by atoms with Crippen molar-refractivity contribution < 1.29 is 61.5 Å². The van der Waals surface area contributed by atoms with Crippen LogP contribution in [-0.4, -0.2) is 106 Å². The normalized spacial score (nSPS) is 23.2. The molecule has 0 aliphatic carbocycles. The monoisotopic (exact) mass is 648 g/mol. The van der Waals surface area contributed by atoms with Crippen LogP contribution in [0.25, 0.3) is 0 Å². The molecule has 0 radical (unpaired) electrons. The molecule has 2 aliphatic rings. The maximum Gasteiger partial charge on any atom is 0.490 e. The van der Waals surface area contributed by atoms with Crippen molar-refractivity contribution in [2.75, 3.05) is 43.4 Å². The number of aliphatic carboxylic acids is 1. The third-order valence-electron chi connectivity index (χ3n) is 5.97. The van der Waals surface area contributed by atoms with Crippen molar-refractivity contribution in [2.45, 2.75) is 30.3 Å². The van der Waals surface area contributed by atoms with E-state index >= 15 is 0 Å². The van der Waals surface area contributed by atoms with Crippen LogP contribution in [0.5, 0.6) is 0 Å². The topological polar surface area (TPSA) is 185 Å². The lowest BCUT2D eigenvalue weighted by atomic mass is 9.91. The van der Waals surface area contributed by atoms with Crippen LogP contribution in [0.4, 0.5) is 26.3 Å². The Labute approximate surface area is 226 Å². The second kappa shape index (κ2) is 12.4. The lowest BCUT2D eigenvalue weighted by molar-refractivity contribution is -0.192. The predicted octanol–water partition coefficient (Wildman–Crippen LogP) is 0.423. The summed E-state index contributed by atoms with van der Waals surface area (Å²) in [6.07, 6.45) is -9.14. The van der Waals surface area contributed by atoms with Gasteiger partial charge < -0.3 is 10.8 Å². The third kappa shape index (κ3) is 9.23. The molecule has 0 spiro atoms. The van der Waals surface area contributed by atoms with E-state index in [1.807, 2.05) is 0 Å². The minimum atomic E-state index is -5.08. The molecule has 0 bridgehead atoms. The van der Waals surface area contributed by atoms with E-state index in [9.17, 15) is 51.6 Å². The number of sulfone groups is 2. The highest BCUT2D eigenvalue weighted by molar-refractivity contribution is 7.92. The van der Waals surface area contributed by atoms with Crippen LogP contribution >= 0.6 is 0 Å². The summed E-state index contributed by atoms with van der Waals surface area (Å²) in [5.74, 6) is -7.53. The molecule has 2 aliphatic heterocycles. The summed E-state index contributed by atoms with van der Waals surface area (Å²) in [6.45, 7) is -1.98. The minimum absolute atomic E-state index is 0.0438. The molecule has 40 heavy (non-hydrogen) atoms. The Morgan fingerprint density at radius 1 is 1.05 bits per heavy atom. The van der Waals surface area contributed by atoms with Gasteiger partial charge in [0.1, 0.15) is 0 Å². The van der Waals surface area contributed by atoms with Crippen LogP contribution in [0.2, 0.25) is 0 Å². The average molecular weight is 649 g/mol. The number of halogens is 6. The summed E-state index contributed by atoms with van der Waals surface area (Å²) in [6, 6.07) is 2.74. The molecule has 230 valence electrons. The zero-order chi connectivity index (χ0) is 30.7. The Morgan fingerprint density at radius 3 is 2.08 bits per heavy atom. The molecule has 0 unspecified atom stereocenters. The number of aromatic nitrogens is 1. The number of carboxylic acids is 1. The zero-order valence-corrected chi connectivity index (χ0v) is 22.9. The molecule has 1 aromatic heterocycles. The van der Waals surface area contributed by atoms with Crippen LogP contribution in [0.3, 0.4) is 0 Å². The SMILES string of the molecule is NCc1ccnc(S(=O)(=O)C[C@@H]2C[C@H](C(F)(F)F)CN(S(=O)(=O)N3CCS(=O)(=O)CC3)C2)c1.O=C(O)C(F)(F)F. The molecule has 3 heterocycles. The summed E-state index contributed by atoms with van der Waals surface area (Å²) < 4.78 is 149. The molecular formula is C19H26F6N4O8S3. The molecule has 0 aromatic carbocycles. The van der Waals surface area contributed by atoms with E-state index < -0.39 is 96.8 Å². The van der Waals surface area contributed by atoms with Gasteiger partial charge in [-0.25, -0.2) is 26.6 Å². The highest BCUT2D eigenvalue weighted by atomic mass is 32.2. The molecule has 3 rings (SSSR count). The molecule has 3 N–H and O–H groups in total. The van der Waals surface area contributed by atoms with Gasteiger partial charge in [0.25, 0.3) is 10.2 Å². The Kier molecular flexibility index (Phi) is 10.6. The van der Waals surface area contributed by atoms with Gasteiger partial charge >= 0.3 is 18.3 Å². The summed E-state index contributed by atoms with van der Waals surface area (Å²) in [5, 5.41) is 6.79. The minimum Gasteiger partial charge on any atom is -0.475 e. The molecule has 2 saturated heterocycles. The van der Waals surface area contributed by atoms with Crippen LogP contribution in [0.1, 0.15) is 12.0 Å². The lowest BCUT2D eigenvalue weighted by Crippen LogP contribution is -2.56. The van der Waals surface area contributed by atoms with Gasteiger partial charge in [0.15, 0.2) is 24.7 Å². The van der Waals surface area contributed by atoms with Crippen molar-refractivity contribution in [3.63, 3.8) is 0 Å². The van der Waals surface area contributed by atoms with Gasteiger partial charge in [-0.1, -0.05) is 0 Å². The maximum absolute atomic E-state index is 13.6.